The maximum Gasteiger partial charge on any atom is 0.316 e. The summed E-state index contributed by atoms with van der Waals surface area (Å²) in [7, 11) is 0. The summed E-state index contributed by atoms with van der Waals surface area (Å²) in [5, 5.41) is 31.0. The fraction of sp³-hybridized carbons (Fsp3) is 0. The zero-order valence-electron chi connectivity index (χ0n) is 8.01. The highest BCUT2D eigenvalue weighted by molar-refractivity contribution is 5.99. The minimum Gasteiger partial charge on any atom is -0.504 e. The summed E-state index contributed by atoms with van der Waals surface area (Å²) in [6.45, 7) is 3.20. The molecule has 0 fully saturated rings. The first-order valence-corrected chi connectivity index (χ1v) is 4.09. The van der Waals surface area contributed by atoms with E-state index in [0.29, 0.717) is 0 Å². The fourth-order valence-corrected chi connectivity index (χ4v) is 1.01. The molecular weight excluding hydrogens is 216 g/mol. The number of aromatic hydroxyl groups is 2. The molecular formula is C9H8N2O5. The van der Waals surface area contributed by atoms with E-state index < -0.39 is 28.0 Å². The number of nitrogens with zero attached hydrogens (tertiary/aromatic N) is 1. The van der Waals surface area contributed by atoms with Crippen molar-refractivity contribution in [2.45, 2.75) is 0 Å². The van der Waals surface area contributed by atoms with Crippen LogP contribution < -0.4 is 5.32 Å². The third kappa shape index (κ3) is 2.27. The highest BCUT2D eigenvalue weighted by atomic mass is 16.6. The van der Waals surface area contributed by atoms with Gasteiger partial charge in [0.2, 0.25) is 11.7 Å². The number of hydrogen-bond donors (Lipinski definition) is 3. The van der Waals surface area contributed by atoms with Crippen LogP contribution in [0.2, 0.25) is 0 Å². The molecule has 1 amide bonds. The second kappa shape index (κ2) is 4.30. The third-order valence-electron chi connectivity index (χ3n) is 1.72. The van der Waals surface area contributed by atoms with Crippen molar-refractivity contribution in [3.05, 3.63) is 34.9 Å². The molecule has 7 nitrogen and oxygen atoms in total. The average Bonchev–Trinajstić information content (AvgIpc) is 2.22. The van der Waals surface area contributed by atoms with E-state index in [4.69, 9.17) is 5.11 Å². The second-order valence-electron chi connectivity index (χ2n) is 2.81. The van der Waals surface area contributed by atoms with Gasteiger partial charge in [0.25, 0.3) is 0 Å². The molecule has 1 rings (SSSR count). The van der Waals surface area contributed by atoms with Crippen molar-refractivity contribution in [2.75, 3.05) is 5.32 Å². The molecule has 0 radical (unpaired) electrons. The van der Waals surface area contributed by atoms with Crippen LogP contribution in [0.15, 0.2) is 24.8 Å². The first-order valence-electron chi connectivity index (χ1n) is 4.09. The number of carbonyl (C=O) groups is 1. The molecule has 0 saturated heterocycles. The summed E-state index contributed by atoms with van der Waals surface area (Å²) >= 11 is 0. The van der Waals surface area contributed by atoms with E-state index in [0.717, 1.165) is 18.2 Å². The molecule has 0 heterocycles. The van der Waals surface area contributed by atoms with Crippen molar-refractivity contribution in [3.8, 4) is 11.5 Å². The highest BCUT2D eigenvalue weighted by Gasteiger charge is 2.19. The highest BCUT2D eigenvalue weighted by Crippen LogP contribution is 2.37. The summed E-state index contributed by atoms with van der Waals surface area (Å²) in [6, 6.07) is 1.92. The van der Waals surface area contributed by atoms with Crippen molar-refractivity contribution < 1.29 is 19.9 Å². The Bertz CT molecular complexity index is 469. The summed E-state index contributed by atoms with van der Waals surface area (Å²) in [4.78, 5) is 20.5. The largest absolute Gasteiger partial charge is 0.504 e. The molecule has 7 heteroatoms. The van der Waals surface area contributed by atoms with Crippen LogP contribution in [0.25, 0.3) is 0 Å². The SMILES string of the molecule is C=CC(=O)Nc1cc(O)c(O)c([N+](=O)[O-])c1. The number of nitro groups is 1. The zero-order chi connectivity index (χ0) is 12.3. The molecule has 0 aliphatic carbocycles. The minimum atomic E-state index is -0.876. The number of hydrogen-bond acceptors (Lipinski definition) is 5. The number of amides is 1. The van der Waals surface area contributed by atoms with Crippen LogP contribution in [-0.4, -0.2) is 21.0 Å². The lowest BCUT2D eigenvalue weighted by molar-refractivity contribution is -0.385. The van der Waals surface area contributed by atoms with Crippen molar-refractivity contribution in [2.24, 2.45) is 0 Å². The Labute approximate surface area is 89.8 Å². The molecule has 3 N–H and O–H groups in total. The molecule has 84 valence electrons. The topological polar surface area (TPSA) is 113 Å². The van der Waals surface area contributed by atoms with Crippen LogP contribution in [0, 0.1) is 10.1 Å². The number of nitrogens with one attached hydrogen (secondary N) is 1. The van der Waals surface area contributed by atoms with Crippen LogP contribution in [0.4, 0.5) is 11.4 Å². The number of phenolic OH excluding ortho intramolecular Hbond substituents is 2. The van der Waals surface area contributed by atoms with E-state index in [1.807, 2.05) is 0 Å². The predicted octanol–water partition coefficient (Wildman–Crippen LogP) is 1.13. The Morgan fingerprint density at radius 2 is 2.12 bits per heavy atom. The number of nitro benzene ring substituents is 1. The Morgan fingerprint density at radius 3 is 2.62 bits per heavy atom. The van der Waals surface area contributed by atoms with Gasteiger partial charge in [-0.05, 0) is 6.08 Å². The van der Waals surface area contributed by atoms with Crippen molar-refractivity contribution >= 4 is 17.3 Å². The van der Waals surface area contributed by atoms with Gasteiger partial charge in [-0.25, -0.2) is 0 Å². The quantitative estimate of drug-likeness (QED) is 0.234. The van der Waals surface area contributed by atoms with Crippen molar-refractivity contribution in [1.82, 2.24) is 0 Å². The Kier molecular flexibility index (Phi) is 3.09. The summed E-state index contributed by atoms with van der Waals surface area (Å²) in [6.07, 6.45) is 0.968. The van der Waals surface area contributed by atoms with E-state index in [1.165, 1.54) is 0 Å². The van der Waals surface area contributed by atoms with Gasteiger partial charge in [0.05, 0.1) is 10.6 Å². The first-order chi connectivity index (χ1) is 7.45. The summed E-state index contributed by atoms with van der Waals surface area (Å²) in [5.74, 6) is -2.12. The van der Waals surface area contributed by atoms with Gasteiger partial charge in [0.15, 0.2) is 5.75 Å². The van der Waals surface area contributed by atoms with Gasteiger partial charge < -0.3 is 15.5 Å². The maximum absolute atomic E-state index is 10.9. The van der Waals surface area contributed by atoms with E-state index in [2.05, 4.69) is 11.9 Å². The molecule has 1 aromatic rings. The minimum absolute atomic E-state index is 0.00750. The smallest absolute Gasteiger partial charge is 0.316 e. The maximum atomic E-state index is 10.9. The van der Waals surface area contributed by atoms with Crippen molar-refractivity contribution in [1.29, 1.82) is 0 Å². The summed E-state index contributed by atoms with van der Waals surface area (Å²) < 4.78 is 0. The standard InChI is InChI=1S/C9H8N2O5/c1-2-8(13)10-5-3-6(11(15)16)9(14)7(12)4-5/h2-4,12,14H,1H2,(H,10,13). The van der Waals surface area contributed by atoms with Gasteiger partial charge >= 0.3 is 5.69 Å². The summed E-state index contributed by atoms with van der Waals surface area (Å²) in [5.41, 5.74) is -0.703. The van der Waals surface area contributed by atoms with E-state index in [9.17, 15) is 20.0 Å². The third-order valence-corrected chi connectivity index (χ3v) is 1.72. The predicted molar refractivity (Wildman–Crippen MR) is 55.3 cm³/mol. The number of phenols is 2. The molecule has 0 unspecified atom stereocenters. The Balaban J connectivity index is 3.18. The van der Waals surface area contributed by atoms with Gasteiger partial charge in [-0.2, -0.15) is 0 Å². The van der Waals surface area contributed by atoms with E-state index >= 15 is 0 Å². The molecule has 0 atom stereocenters. The normalized spacial score (nSPS) is 9.50. The van der Waals surface area contributed by atoms with E-state index in [1.54, 1.807) is 0 Å². The fourth-order valence-electron chi connectivity index (χ4n) is 1.01. The zero-order valence-corrected chi connectivity index (χ0v) is 8.01. The lowest BCUT2D eigenvalue weighted by Gasteiger charge is -2.04. The monoisotopic (exact) mass is 224 g/mol. The van der Waals surface area contributed by atoms with Crippen LogP contribution in [-0.2, 0) is 4.79 Å². The van der Waals surface area contributed by atoms with Crippen LogP contribution >= 0.6 is 0 Å². The van der Waals surface area contributed by atoms with Crippen LogP contribution in [0.5, 0.6) is 11.5 Å². The molecule has 1 aromatic carbocycles. The molecule has 0 aliphatic rings. The van der Waals surface area contributed by atoms with E-state index in [-0.39, 0.29) is 5.69 Å². The van der Waals surface area contributed by atoms with Crippen LogP contribution in [0.1, 0.15) is 0 Å². The molecule has 0 spiro atoms. The Hall–Kier alpha value is -2.57. The average molecular weight is 224 g/mol. The van der Waals surface area contributed by atoms with Gasteiger partial charge in [-0.3, -0.25) is 14.9 Å². The van der Waals surface area contributed by atoms with Gasteiger partial charge in [0, 0.05) is 12.1 Å². The molecule has 0 aliphatic heterocycles. The lowest BCUT2D eigenvalue weighted by Crippen LogP contribution is -2.07. The number of carbonyl (C=O) groups excluding carboxylic acids is 1. The van der Waals surface area contributed by atoms with Crippen LogP contribution in [0.3, 0.4) is 0 Å². The second-order valence-corrected chi connectivity index (χ2v) is 2.81. The molecule has 0 aromatic heterocycles. The lowest BCUT2D eigenvalue weighted by atomic mass is 10.2. The number of rotatable bonds is 3. The van der Waals surface area contributed by atoms with Gasteiger partial charge in [0.1, 0.15) is 0 Å². The van der Waals surface area contributed by atoms with Crippen molar-refractivity contribution in [3.63, 3.8) is 0 Å². The molecule has 16 heavy (non-hydrogen) atoms. The first kappa shape index (κ1) is 11.5. The Morgan fingerprint density at radius 1 is 1.50 bits per heavy atom. The van der Waals surface area contributed by atoms with Gasteiger partial charge in [-0.1, -0.05) is 6.58 Å². The molecule has 0 bridgehead atoms. The molecule has 0 saturated carbocycles. The number of benzene rings is 1. The van der Waals surface area contributed by atoms with Gasteiger partial charge in [-0.15, -0.1) is 0 Å². The number of anilines is 1.